The zero-order valence-electron chi connectivity index (χ0n) is 11.3. The van der Waals surface area contributed by atoms with Crippen molar-refractivity contribution in [1.29, 1.82) is 0 Å². The van der Waals surface area contributed by atoms with Crippen LogP contribution in [-0.2, 0) is 4.79 Å². The highest BCUT2D eigenvalue weighted by Gasteiger charge is 2.16. The number of nitrogens with two attached hydrogens (primary N) is 1. The molecule has 0 aliphatic heterocycles. The van der Waals surface area contributed by atoms with Crippen molar-refractivity contribution in [3.05, 3.63) is 77.0 Å². The number of hydrogen-bond acceptors (Lipinski definition) is 2. The molecule has 102 valence electrons. The molecule has 1 aliphatic carbocycles. The lowest BCUT2D eigenvalue weighted by Gasteiger charge is -2.19. The summed E-state index contributed by atoms with van der Waals surface area (Å²) in [5.41, 5.74) is 9.35. The molecule has 0 fully saturated rings. The molecule has 3 N–H and O–H groups in total. The van der Waals surface area contributed by atoms with Crippen molar-refractivity contribution in [3.8, 4) is 0 Å². The Morgan fingerprint density at radius 1 is 1.30 bits per heavy atom. The SMILES string of the molecule is CC(=CC(=O)O)C1C=CC(N)=CC1=Cc1ccccc1. The first kappa shape index (κ1) is 13.9. The Hall–Kier alpha value is -2.55. The lowest BCUT2D eigenvalue weighted by Crippen LogP contribution is -2.10. The highest BCUT2D eigenvalue weighted by molar-refractivity contribution is 5.81. The van der Waals surface area contributed by atoms with E-state index in [1.165, 1.54) is 6.08 Å². The van der Waals surface area contributed by atoms with Crippen LogP contribution in [0.2, 0.25) is 0 Å². The first-order valence-electron chi connectivity index (χ1n) is 6.39. The Morgan fingerprint density at radius 2 is 2.00 bits per heavy atom. The van der Waals surface area contributed by atoms with Crippen molar-refractivity contribution in [3.63, 3.8) is 0 Å². The number of carboxylic acid groups (broad SMARTS) is 1. The van der Waals surface area contributed by atoms with Gasteiger partial charge >= 0.3 is 5.97 Å². The summed E-state index contributed by atoms with van der Waals surface area (Å²) in [4.78, 5) is 10.8. The number of benzene rings is 1. The summed E-state index contributed by atoms with van der Waals surface area (Å²) in [6.07, 6.45) is 8.89. The van der Waals surface area contributed by atoms with E-state index in [0.717, 1.165) is 16.7 Å². The molecule has 0 aromatic heterocycles. The van der Waals surface area contributed by atoms with E-state index in [4.69, 9.17) is 10.8 Å². The maximum atomic E-state index is 10.8. The van der Waals surface area contributed by atoms with Crippen molar-refractivity contribution in [2.45, 2.75) is 6.92 Å². The average Bonchev–Trinajstić information content (AvgIpc) is 2.39. The van der Waals surface area contributed by atoms with Crippen molar-refractivity contribution in [1.82, 2.24) is 0 Å². The lowest BCUT2D eigenvalue weighted by atomic mass is 9.86. The van der Waals surface area contributed by atoms with E-state index in [1.54, 1.807) is 0 Å². The normalized spacial score (nSPS) is 20.9. The first-order chi connectivity index (χ1) is 9.56. The second-order valence-electron chi connectivity index (χ2n) is 4.76. The summed E-state index contributed by atoms with van der Waals surface area (Å²) in [6.45, 7) is 1.82. The van der Waals surface area contributed by atoms with Gasteiger partial charge in [0, 0.05) is 17.7 Å². The molecule has 2 rings (SSSR count). The monoisotopic (exact) mass is 267 g/mol. The maximum Gasteiger partial charge on any atom is 0.328 e. The second kappa shape index (κ2) is 6.06. The smallest absolute Gasteiger partial charge is 0.328 e. The fourth-order valence-corrected chi connectivity index (χ4v) is 2.22. The van der Waals surface area contributed by atoms with Crippen molar-refractivity contribution in [2.24, 2.45) is 11.7 Å². The Labute approximate surface area is 118 Å². The third-order valence-corrected chi connectivity index (χ3v) is 3.15. The summed E-state index contributed by atoms with van der Waals surface area (Å²) >= 11 is 0. The molecule has 0 amide bonds. The topological polar surface area (TPSA) is 63.3 Å². The molecule has 0 saturated heterocycles. The van der Waals surface area contributed by atoms with Gasteiger partial charge in [0.2, 0.25) is 0 Å². The zero-order valence-corrected chi connectivity index (χ0v) is 11.3. The van der Waals surface area contributed by atoms with Crippen LogP contribution in [0.4, 0.5) is 0 Å². The molecule has 3 nitrogen and oxygen atoms in total. The Kier molecular flexibility index (Phi) is 4.20. The van der Waals surface area contributed by atoms with E-state index >= 15 is 0 Å². The summed E-state index contributed by atoms with van der Waals surface area (Å²) in [7, 11) is 0. The molecule has 0 radical (unpaired) electrons. The molecule has 0 heterocycles. The van der Waals surface area contributed by atoms with Crippen molar-refractivity contribution < 1.29 is 9.90 Å². The van der Waals surface area contributed by atoms with Crippen molar-refractivity contribution in [2.75, 3.05) is 0 Å². The Bertz CT molecular complexity index is 622. The first-order valence-corrected chi connectivity index (χ1v) is 6.39. The number of rotatable bonds is 3. The van der Waals surface area contributed by atoms with Crippen LogP contribution in [0.25, 0.3) is 6.08 Å². The van der Waals surface area contributed by atoms with E-state index in [1.807, 2.05) is 61.6 Å². The zero-order chi connectivity index (χ0) is 14.5. The van der Waals surface area contributed by atoms with E-state index in [9.17, 15) is 4.79 Å². The molecule has 0 spiro atoms. The van der Waals surface area contributed by atoms with Crippen LogP contribution in [0.15, 0.2) is 71.5 Å². The third-order valence-electron chi connectivity index (χ3n) is 3.15. The fraction of sp³-hybridized carbons (Fsp3) is 0.118. The van der Waals surface area contributed by atoms with Crippen LogP contribution in [0.5, 0.6) is 0 Å². The third kappa shape index (κ3) is 3.48. The van der Waals surface area contributed by atoms with Gasteiger partial charge in [0.05, 0.1) is 0 Å². The summed E-state index contributed by atoms with van der Waals surface area (Å²) in [6, 6.07) is 9.89. The Morgan fingerprint density at radius 3 is 2.65 bits per heavy atom. The van der Waals surface area contributed by atoms with Gasteiger partial charge in [-0.2, -0.15) is 0 Å². The van der Waals surface area contributed by atoms with E-state index < -0.39 is 5.97 Å². The number of carbonyl (C=O) groups is 1. The minimum Gasteiger partial charge on any atom is -0.478 e. The number of aliphatic carboxylic acids is 1. The summed E-state index contributed by atoms with van der Waals surface area (Å²) in [5, 5.41) is 8.88. The van der Waals surface area contributed by atoms with E-state index in [0.29, 0.717) is 5.70 Å². The largest absolute Gasteiger partial charge is 0.478 e. The Balaban J connectivity index is 2.39. The molecule has 1 atom stereocenters. The second-order valence-corrected chi connectivity index (χ2v) is 4.76. The minimum absolute atomic E-state index is 0.0568. The number of carboxylic acids is 1. The van der Waals surface area contributed by atoms with Gasteiger partial charge < -0.3 is 10.8 Å². The molecular formula is C17H17NO2. The highest BCUT2D eigenvalue weighted by Crippen LogP contribution is 2.29. The van der Waals surface area contributed by atoms with Gasteiger partial charge in [-0.05, 0) is 30.2 Å². The van der Waals surface area contributed by atoms with Gasteiger partial charge in [0.1, 0.15) is 0 Å². The van der Waals surface area contributed by atoms with Gasteiger partial charge in [-0.3, -0.25) is 0 Å². The number of hydrogen-bond donors (Lipinski definition) is 2. The fourth-order valence-electron chi connectivity index (χ4n) is 2.22. The molecule has 1 unspecified atom stereocenters. The predicted octanol–water partition coefficient (Wildman–Crippen LogP) is 3.13. The van der Waals surface area contributed by atoms with Crippen LogP contribution in [-0.4, -0.2) is 11.1 Å². The van der Waals surface area contributed by atoms with Crippen LogP contribution in [0, 0.1) is 5.92 Å². The standard InChI is InChI=1S/C17H17NO2/c1-12(9-17(19)20)16-8-7-15(18)11-14(16)10-13-5-3-2-4-6-13/h2-11,16H,18H2,1H3,(H,19,20). The van der Waals surface area contributed by atoms with Gasteiger partial charge in [-0.15, -0.1) is 0 Å². The maximum absolute atomic E-state index is 10.8. The summed E-state index contributed by atoms with van der Waals surface area (Å²) < 4.78 is 0. The van der Waals surface area contributed by atoms with Crippen LogP contribution < -0.4 is 5.73 Å². The molecule has 20 heavy (non-hydrogen) atoms. The molecule has 0 bridgehead atoms. The van der Waals surface area contributed by atoms with Crippen LogP contribution in [0.3, 0.4) is 0 Å². The van der Waals surface area contributed by atoms with Crippen LogP contribution in [0.1, 0.15) is 12.5 Å². The molecule has 1 aromatic rings. The molecule has 0 saturated carbocycles. The van der Waals surface area contributed by atoms with Gasteiger partial charge in [0.25, 0.3) is 0 Å². The lowest BCUT2D eigenvalue weighted by molar-refractivity contribution is -0.131. The van der Waals surface area contributed by atoms with Gasteiger partial charge in [-0.25, -0.2) is 4.79 Å². The minimum atomic E-state index is -0.933. The molecule has 3 heteroatoms. The van der Waals surface area contributed by atoms with E-state index in [-0.39, 0.29) is 5.92 Å². The predicted molar refractivity (Wildman–Crippen MR) is 80.7 cm³/mol. The van der Waals surface area contributed by atoms with Gasteiger partial charge in [0.15, 0.2) is 0 Å². The number of allylic oxidation sites excluding steroid dienone is 5. The van der Waals surface area contributed by atoms with Gasteiger partial charge in [-0.1, -0.05) is 48.1 Å². The highest BCUT2D eigenvalue weighted by atomic mass is 16.4. The quantitative estimate of drug-likeness (QED) is 0.827. The van der Waals surface area contributed by atoms with E-state index in [2.05, 4.69) is 0 Å². The molecular weight excluding hydrogens is 250 g/mol. The average molecular weight is 267 g/mol. The summed E-state index contributed by atoms with van der Waals surface area (Å²) in [5.74, 6) is -0.990. The van der Waals surface area contributed by atoms with Crippen molar-refractivity contribution >= 4 is 12.0 Å². The van der Waals surface area contributed by atoms with Crippen LogP contribution >= 0.6 is 0 Å². The molecule has 1 aromatic carbocycles. The molecule has 1 aliphatic rings.